The third kappa shape index (κ3) is 18.1. The van der Waals surface area contributed by atoms with E-state index < -0.39 is 11.8 Å². The summed E-state index contributed by atoms with van der Waals surface area (Å²) >= 11 is 0. The lowest BCUT2D eigenvalue weighted by atomic mass is 9.79. The number of fused-ring (bicyclic) bond motifs is 1. The smallest absolute Gasteiger partial charge is 0.309 e. The van der Waals surface area contributed by atoms with Crippen LogP contribution in [0, 0.1) is 11.8 Å². The molecule has 4 rings (SSSR count). The Morgan fingerprint density at radius 1 is 0.412 bits per heavy atom. The van der Waals surface area contributed by atoms with Crippen molar-refractivity contribution >= 4 is 11.9 Å². The Kier molecular flexibility index (Phi) is 21.5. The summed E-state index contributed by atoms with van der Waals surface area (Å²) in [6.45, 7) is 5.42. The maximum atomic E-state index is 13.0. The Labute approximate surface area is 312 Å². The van der Waals surface area contributed by atoms with Crippen LogP contribution in [0.5, 0.6) is 0 Å². The molecule has 1 aliphatic carbocycles. The molecular formula is C44H78O7. The third-order valence-corrected chi connectivity index (χ3v) is 12.1. The number of esters is 2. The van der Waals surface area contributed by atoms with Gasteiger partial charge in [0.25, 0.3) is 0 Å². The van der Waals surface area contributed by atoms with Crippen LogP contribution in [0.25, 0.3) is 0 Å². The Morgan fingerprint density at radius 2 is 0.706 bits per heavy atom. The molecule has 296 valence electrons. The summed E-state index contributed by atoms with van der Waals surface area (Å²) in [5, 5.41) is 0. The van der Waals surface area contributed by atoms with Crippen LogP contribution in [-0.2, 0) is 33.3 Å². The van der Waals surface area contributed by atoms with E-state index in [1.165, 1.54) is 154 Å². The molecule has 8 unspecified atom stereocenters. The van der Waals surface area contributed by atoms with E-state index in [1.54, 1.807) is 0 Å². The first kappa shape index (κ1) is 42.6. The molecule has 0 aromatic heterocycles. The minimum absolute atomic E-state index is 0.109. The van der Waals surface area contributed by atoms with E-state index in [2.05, 4.69) is 13.8 Å². The summed E-state index contributed by atoms with van der Waals surface area (Å²) < 4.78 is 28.8. The van der Waals surface area contributed by atoms with Crippen molar-refractivity contribution in [2.75, 3.05) is 13.2 Å². The molecule has 0 radical (unpaired) electrons. The summed E-state index contributed by atoms with van der Waals surface area (Å²) in [6, 6.07) is 0. The molecule has 51 heavy (non-hydrogen) atoms. The number of hydrogen-bond acceptors (Lipinski definition) is 7. The van der Waals surface area contributed by atoms with E-state index in [4.69, 9.17) is 23.7 Å². The first-order valence-electron chi connectivity index (χ1n) is 22.4. The molecule has 7 nitrogen and oxygen atoms in total. The molecule has 3 saturated heterocycles. The number of carbonyl (C=O) groups is 2. The molecule has 0 aromatic carbocycles. The van der Waals surface area contributed by atoms with Gasteiger partial charge >= 0.3 is 11.9 Å². The van der Waals surface area contributed by atoms with Crippen molar-refractivity contribution in [3.05, 3.63) is 0 Å². The van der Waals surface area contributed by atoms with E-state index in [0.717, 1.165) is 25.7 Å². The Bertz CT molecular complexity index is 853. The lowest BCUT2D eigenvalue weighted by Crippen LogP contribution is -2.37. The second kappa shape index (κ2) is 25.8. The molecule has 7 heteroatoms. The molecule has 8 atom stereocenters. The fourth-order valence-corrected chi connectivity index (χ4v) is 8.44. The zero-order chi connectivity index (χ0) is 35.9. The molecule has 3 aliphatic heterocycles. The monoisotopic (exact) mass is 719 g/mol. The normalized spacial score (nSPS) is 27.6. The van der Waals surface area contributed by atoms with E-state index in [9.17, 15) is 9.59 Å². The lowest BCUT2D eigenvalue weighted by molar-refractivity contribution is -0.162. The molecule has 0 bridgehead atoms. The molecule has 0 N–H and O–H groups in total. The van der Waals surface area contributed by atoms with Gasteiger partial charge in [0.15, 0.2) is 0 Å². The van der Waals surface area contributed by atoms with Gasteiger partial charge in [-0.1, -0.05) is 155 Å². The summed E-state index contributed by atoms with van der Waals surface area (Å²) in [4.78, 5) is 26.0. The van der Waals surface area contributed by atoms with Crippen LogP contribution in [0.2, 0.25) is 0 Å². The Balaban J connectivity index is 0.916. The van der Waals surface area contributed by atoms with Gasteiger partial charge in [-0.2, -0.15) is 0 Å². The molecular weight excluding hydrogens is 640 g/mol. The van der Waals surface area contributed by atoms with Gasteiger partial charge in [0.1, 0.15) is 0 Å². The van der Waals surface area contributed by atoms with Crippen molar-refractivity contribution in [3.63, 3.8) is 0 Å². The third-order valence-electron chi connectivity index (χ3n) is 12.1. The van der Waals surface area contributed by atoms with Gasteiger partial charge in [-0.25, -0.2) is 0 Å². The molecule has 3 heterocycles. The summed E-state index contributed by atoms with van der Waals surface area (Å²) in [6.07, 6.45) is 38.6. The van der Waals surface area contributed by atoms with Gasteiger partial charge in [0, 0.05) is 0 Å². The minimum atomic E-state index is -0.431. The van der Waals surface area contributed by atoms with Gasteiger partial charge < -0.3 is 23.7 Å². The predicted molar refractivity (Wildman–Crippen MR) is 205 cm³/mol. The summed E-state index contributed by atoms with van der Waals surface area (Å²) in [7, 11) is 0. The zero-order valence-corrected chi connectivity index (χ0v) is 33.1. The average Bonchev–Trinajstić information content (AvgIpc) is 4.05. The van der Waals surface area contributed by atoms with Crippen LogP contribution in [0.4, 0.5) is 0 Å². The molecule has 4 fully saturated rings. The zero-order valence-electron chi connectivity index (χ0n) is 33.1. The molecule has 0 spiro atoms. The van der Waals surface area contributed by atoms with Crippen molar-refractivity contribution in [1.29, 1.82) is 0 Å². The number of ether oxygens (including phenoxy) is 5. The van der Waals surface area contributed by atoms with Crippen LogP contribution in [-0.4, -0.2) is 61.8 Å². The van der Waals surface area contributed by atoms with Gasteiger partial charge in [-0.3, -0.25) is 9.59 Å². The van der Waals surface area contributed by atoms with Crippen molar-refractivity contribution in [1.82, 2.24) is 0 Å². The molecule has 0 amide bonds. The van der Waals surface area contributed by atoms with Crippen molar-refractivity contribution < 1.29 is 33.3 Å². The molecule has 0 aromatic rings. The highest BCUT2D eigenvalue weighted by Crippen LogP contribution is 2.44. The fourth-order valence-electron chi connectivity index (χ4n) is 8.44. The van der Waals surface area contributed by atoms with Crippen LogP contribution in [0.3, 0.4) is 0 Å². The van der Waals surface area contributed by atoms with E-state index in [0.29, 0.717) is 50.5 Å². The summed E-state index contributed by atoms with van der Waals surface area (Å²) in [5.41, 5.74) is 0. The van der Waals surface area contributed by atoms with Crippen molar-refractivity contribution in [3.8, 4) is 0 Å². The maximum absolute atomic E-state index is 13.0. The Morgan fingerprint density at radius 3 is 1.04 bits per heavy atom. The van der Waals surface area contributed by atoms with Crippen LogP contribution >= 0.6 is 0 Å². The maximum Gasteiger partial charge on any atom is 0.309 e. The number of epoxide rings is 3. The largest absolute Gasteiger partial charge is 0.465 e. The first-order valence-corrected chi connectivity index (χ1v) is 22.4. The highest BCUT2D eigenvalue weighted by atomic mass is 16.6. The van der Waals surface area contributed by atoms with Crippen LogP contribution < -0.4 is 0 Å². The SMILES string of the molecule is CCCCCCCC1OC1CCCCCCCCCOC(=O)C1CC2OC2CC1C(=O)OCCCCCCCCCC1OC1CCCCCCC. The number of hydrogen-bond donors (Lipinski definition) is 0. The van der Waals surface area contributed by atoms with E-state index in [-0.39, 0.29) is 24.1 Å². The highest BCUT2D eigenvalue weighted by molar-refractivity contribution is 5.82. The number of rotatable bonds is 34. The first-order chi connectivity index (χ1) is 25.1. The molecule has 4 aliphatic rings. The summed E-state index contributed by atoms with van der Waals surface area (Å²) in [5.74, 6) is -1.34. The predicted octanol–water partition coefficient (Wildman–Crippen LogP) is 11.4. The number of carbonyl (C=O) groups excluding carboxylic acids is 2. The van der Waals surface area contributed by atoms with Crippen LogP contribution in [0.15, 0.2) is 0 Å². The van der Waals surface area contributed by atoms with Crippen molar-refractivity contribution in [2.24, 2.45) is 11.8 Å². The lowest BCUT2D eigenvalue weighted by Gasteiger charge is -2.26. The van der Waals surface area contributed by atoms with Gasteiger partial charge in [0.2, 0.25) is 0 Å². The second-order valence-corrected chi connectivity index (χ2v) is 16.6. The van der Waals surface area contributed by atoms with Gasteiger partial charge in [0.05, 0.1) is 61.7 Å². The van der Waals surface area contributed by atoms with Crippen LogP contribution in [0.1, 0.15) is 206 Å². The topological polar surface area (TPSA) is 90.2 Å². The quantitative estimate of drug-likeness (QED) is 0.0371. The highest BCUT2D eigenvalue weighted by Gasteiger charge is 2.53. The number of unbranched alkanes of at least 4 members (excludes halogenated alkanes) is 20. The van der Waals surface area contributed by atoms with E-state index in [1.807, 2.05) is 0 Å². The van der Waals surface area contributed by atoms with Gasteiger partial charge in [-0.05, 0) is 51.4 Å². The minimum Gasteiger partial charge on any atom is -0.465 e. The molecule has 1 saturated carbocycles. The standard InChI is InChI=1S/C44H78O7/c1-3-5-7-15-21-27-37-39(49-37)29-23-17-11-9-13-19-25-31-47-43(45)35-33-41-42(51-41)34-36(35)44(46)48-32-26-20-14-10-12-18-24-30-40-38(50-40)28-22-16-8-6-4-2/h35-42H,3-34H2,1-2H3. The van der Waals surface area contributed by atoms with E-state index >= 15 is 0 Å². The Hall–Kier alpha value is -1.18. The van der Waals surface area contributed by atoms with Crippen molar-refractivity contribution in [2.45, 2.75) is 243 Å². The average molecular weight is 719 g/mol. The fraction of sp³-hybridized carbons (Fsp3) is 0.955. The second-order valence-electron chi connectivity index (χ2n) is 16.6. The van der Waals surface area contributed by atoms with Gasteiger partial charge in [-0.15, -0.1) is 0 Å².